The molecule has 4 rings (SSSR count). The number of phenolic OH excluding ortho intramolecular Hbond substituents is 1. The number of phenols is 1. The van der Waals surface area contributed by atoms with Gasteiger partial charge in [-0.15, -0.1) is 0 Å². The smallest absolute Gasteiger partial charge is 0.328 e. The fourth-order valence-corrected chi connectivity index (χ4v) is 13.0. The predicted molar refractivity (Wildman–Crippen MR) is 390 cm³/mol. The van der Waals surface area contributed by atoms with Gasteiger partial charge in [0.15, 0.2) is 0 Å². The second-order valence-corrected chi connectivity index (χ2v) is 29.2. The number of nitrogens with zero attached hydrogens (tertiary/aromatic N) is 2. The molecule has 3 saturated heterocycles. The van der Waals surface area contributed by atoms with Gasteiger partial charge in [0.1, 0.15) is 78.3 Å². The topological polar surface area (TPSA) is 589 Å². The lowest BCUT2D eigenvalue weighted by molar-refractivity contribution is -0.155. The Balaban J connectivity index is 1.81. The molecule has 22 N–H and O–H groups in total. The lowest BCUT2D eigenvalue weighted by Crippen LogP contribution is -2.64. The Bertz CT molecular complexity index is 3280. The summed E-state index contributed by atoms with van der Waals surface area (Å²) in [7, 11) is 0. The van der Waals surface area contributed by atoms with Crippen LogP contribution in [0.5, 0.6) is 5.75 Å². The molecule has 0 aromatic heterocycles. The maximum absolute atomic E-state index is 14.8. The molecule has 3 heterocycles. The quantitative estimate of drug-likeness (QED) is 0.0323. The summed E-state index contributed by atoms with van der Waals surface area (Å²) in [6, 6.07) is -16.1. The first-order chi connectivity index (χ1) is 51.3. The number of hydrogen-bond acceptors (Lipinski definition) is 24. The van der Waals surface area contributed by atoms with Crippen LogP contribution in [0.3, 0.4) is 0 Å². The molecular weight excluding hydrogens is 1450 g/mol. The van der Waals surface area contributed by atoms with Crippen LogP contribution in [0, 0.1) is 5.92 Å². The Hall–Kier alpha value is -8.43. The zero-order valence-electron chi connectivity index (χ0n) is 63.2. The van der Waals surface area contributed by atoms with Gasteiger partial charge >= 0.3 is 5.97 Å². The molecule has 0 bridgehead atoms. The highest BCUT2D eigenvalue weighted by Crippen LogP contribution is 2.27. The molecule has 3 aliphatic heterocycles. The molecule has 19 atom stereocenters. The standard InChI is InChI=1S/C71H115ClN14O23/c1-9-10-11-12-13-14-15-16-17-18-19-21-43-31-52(96)79-55(37(5)87)65(102)76-36(4)61(98)78-46(29-41-23-24-48(92)44(72)28-41)62(99)81-54(35(2)3)69(106)86-34-42(91)30-47(86)63(100)82-57(39(7)89)67(104)83-58(40(8)90)70(107)85-27-25-49(93)60(85)68(105)84-59(50(94)32-51(74)95)64(101)75-33-53(97)80-56(38(6)88)66(103)77-45(22-20-26-73)71(108)109-43/h23-24,28,35-40,42-43,45-47,49-50,54-60,87-94H,9-22,25-27,29-34,73H2,1-8H3,(H2,74,95)(H,75,101)(H,76,102)(H,77,103)(H,78,98)(H,79,96)(H,80,97)(H,81,99)(H,82,100)(H,83,104)(H,84,105)/t36-,37-,38-,39-,40-,42-,43-,45+,46+,47+,49+,50-,54+,55-,56-,57-,58+,59+,60+/m1/s1. The van der Waals surface area contributed by atoms with Crippen molar-refractivity contribution >= 4 is 94.4 Å². The van der Waals surface area contributed by atoms with Gasteiger partial charge in [0.2, 0.25) is 76.8 Å². The van der Waals surface area contributed by atoms with Gasteiger partial charge in [-0.25, -0.2) is 4.79 Å². The average molecular weight is 1570 g/mol. The van der Waals surface area contributed by atoms with Crippen LogP contribution in [-0.2, 0) is 78.3 Å². The van der Waals surface area contributed by atoms with Crippen LogP contribution < -0.4 is 64.6 Å². The highest BCUT2D eigenvalue weighted by Gasteiger charge is 2.48. The zero-order chi connectivity index (χ0) is 81.7. The number of primary amides is 1. The second kappa shape index (κ2) is 45.7. The lowest BCUT2D eigenvalue weighted by Gasteiger charge is -2.34. The van der Waals surface area contributed by atoms with Crippen LogP contribution in [0.4, 0.5) is 0 Å². The number of cyclic esters (lactones) is 1. The molecule has 38 heteroatoms. The van der Waals surface area contributed by atoms with Crippen molar-refractivity contribution in [3.05, 3.63) is 28.8 Å². The molecule has 1 aromatic carbocycles. The Morgan fingerprint density at radius 3 is 1.65 bits per heavy atom. The lowest BCUT2D eigenvalue weighted by atomic mass is 9.99. The summed E-state index contributed by atoms with van der Waals surface area (Å²) >= 11 is 6.25. The fourth-order valence-electron chi connectivity index (χ4n) is 12.8. The number of amides is 13. The van der Waals surface area contributed by atoms with Gasteiger partial charge in [-0.3, -0.25) is 62.3 Å². The van der Waals surface area contributed by atoms with Crippen molar-refractivity contribution in [1.29, 1.82) is 0 Å². The second-order valence-electron chi connectivity index (χ2n) is 28.8. The summed E-state index contributed by atoms with van der Waals surface area (Å²) in [4.78, 5) is 199. The monoisotopic (exact) mass is 1570 g/mol. The number of nitrogens with one attached hydrogen (secondary N) is 10. The van der Waals surface area contributed by atoms with E-state index in [4.69, 9.17) is 27.8 Å². The van der Waals surface area contributed by atoms with Crippen molar-refractivity contribution in [3.8, 4) is 5.75 Å². The molecule has 0 spiro atoms. The third-order valence-electron chi connectivity index (χ3n) is 19.0. The molecule has 1 aromatic rings. The summed E-state index contributed by atoms with van der Waals surface area (Å²) in [5.74, 6) is -17.5. The minimum atomic E-state index is -2.22. The van der Waals surface area contributed by atoms with E-state index >= 15 is 0 Å². The predicted octanol–water partition coefficient (Wildman–Crippen LogP) is -4.82. The van der Waals surface area contributed by atoms with Gasteiger partial charge < -0.3 is 120 Å². The van der Waals surface area contributed by atoms with E-state index in [1.807, 2.05) is 0 Å². The van der Waals surface area contributed by atoms with Gasteiger partial charge in [0, 0.05) is 25.9 Å². The maximum atomic E-state index is 14.8. The van der Waals surface area contributed by atoms with Crippen molar-refractivity contribution in [2.45, 2.75) is 293 Å². The first-order valence-electron chi connectivity index (χ1n) is 37.3. The van der Waals surface area contributed by atoms with Crippen molar-refractivity contribution in [2.75, 3.05) is 26.2 Å². The van der Waals surface area contributed by atoms with Gasteiger partial charge in [0.25, 0.3) is 0 Å². The minimum absolute atomic E-state index is 0.0209. The number of aliphatic hydroxyl groups is 7. The third-order valence-corrected chi connectivity index (χ3v) is 19.3. The Labute approximate surface area is 638 Å². The van der Waals surface area contributed by atoms with Crippen LogP contribution in [0.15, 0.2) is 18.2 Å². The third kappa shape index (κ3) is 29.4. The number of benzene rings is 1. The molecular formula is C71H115ClN14O23. The molecule has 109 heavy (non-hydrogen) atoms. The first-order valence-corrected chi connectivity index (χ1v) is 37.7. The Morgan fingerprint density at radius 1 is 0.578 bits per heavy atom. The summed E-state index contributed by atoms with van der Waals surface area (Å²) < 4.78 is 5.95. The van der Waals surface area contributed by atoms with Crippen molar-refractivity contribution in [2.24, 2.45) is 17.4 Å². The van der Waals surface area contributed by atoms with E-state index in [0.717, 1.165) is 90.4 Å². The highest BCUT2D eigenvalue weighted by molar-refractivity contribution is 6.32. The number of fused-ring (bicyclic) bond motifs is 2. The summed E-state index contributed by atoms with van der Waals surface area (Å²) in [5.41, 5.74) is 11.4. The molecule has 0 radical (unpaired) electrons. The largest absolute Gasteiger partial charge is 0.506 e. The summed E-state index contributed by atoms with van der Waals surface area (Å²) in [6.07, 6.45) is -6.21. The number of aromatic hydroxyl groups is 1. The van der Waals surface area contributed by atoms with E-state index in [-0.39, 0.29) is 48.6 Å². The number of aliphatic hydroxyl groups excluding tert-OH is 7. The van der Waals surface area contributed by atoms with Gasteiger partial charge in [-0.2, -0.15) is 0 Å². The van der Waals surface area contributed by atoms with Crippen molar-refractivity contribution < 1.29 is 113 Å². The zero-order valence-corrected chi connectivity index (χ0v) is 63.9. The van der Waals surface area contributed by atoms with E-state index in [0.29, 0.717) is 17.7 Å². The molecule has 3 aliphatic rings. The van der Waals surface area contributed by atoms with Crippen LogP contribution in [0.2, 0.25) is 5.02 Å². The first kappa shape index (κ1) is 93.0. The van der Waals surface area contributed by atoms with E-state index < -0.39 is 249 Å². The molecule has 0 unspecified atom stereocenters. The number of carbonyl (C=O) groups is 14. The maximum Gasteiger partial charge on any atom is 0.328 e. The molecule has 13 amide bonds. The number of unbranched alkanes of at least 4 members (excludes halogenated alkanes) is 10. The molecule has 3 fully saturated rings. The van der Waals surface area contributed by atoms with Crippen LogP contribution >= 0.6 is 11.6 Å². The molecule has 37 nitrogen and oxygen atoms in total. The minimum Gasteiger partial charge on any atom is -0.506 e. The molecule has 0 saturated carbocycles. The summed E-state index contributed by atoms with van der Waals surface area (Å²) in [6.45, 7) is 8.59. The van der Waals surface area contributed by atoms with E-state index in [1.165, 1.54) is 39.0 Å². The fraction of sp³-hybridized carbons (Fsp3) is 0.718. The normalized spacial score (nSPS) is 28.0. The number of esters is 1. The summed E-state index contributed by atoms with van der Waals surface area (Å²) in [5, 5.41) is 111. The number of ether oxygens (including phenoxy) is 1. The van der Waals surface area contributed by atoms with Gasteiger partial charge in [-0.05, 0) is 96.9 Å². The highest BCUT2D eigenvalue weighted by atomic mass is 35.5. The van der Waals surface area contributed by atoms with Crippen LogP contribution in [0.1, 0.15) is 177 Å². The van der Waals surface area contributed by atoms with Crippen molar-refractivity contribution in [3.63, 3.8) is 0 Å². The number of nitrogens with two attached hydrogens (primary N) is 2. The number of hydrogen-bond donors (Lipinski definition) is 20. The van der Waals surface area contributed by atoms with E-state index in [1.54, 1.807) is 0 Å². The van der Waals surface area contributed by atoms with Crippen molar-refractivity contribution in [1.82, 2.24) is 63.0 Å². The number of rotatable bonds is 25. The van der Waals surface area contributed by atoms with Gasteiger partial charge in [-0.1, -0.05) is 103 Å². The molecule has 614 valence electrons. The Morgan fingerprint density at radius 2 is 1.09 bits per heavy atom. The van der Waals surface area contributed by atoms with E-state index in [9.17, 15) is 108 Å². The SMILES string of the molecule is CCCCCCCCCCCCC[C@@H]1CC(=O)N[C@H]([C@@H](C)O)C(=O)N[C@H](C)C(=O)N[C@@H](Cc2ccc(O)c(Cl)c2)C(=O)N[C@@H](C(C)C)C(=O)N2C[C@H](O)C[C@H]2C(=O)N[C@H]([C@@H](C)O)C(=O)N[C@@H]([C@@H](C)O)C(=O)N2CC[C@H](O)[C@H]2C(=O)N[C@@H]([C@H](O)CC(N)=O)C(=O)NCC(=O)N[C@H]([C@@H](C)O)C(=O)N[C@@H](CCCN)C(=O)O1. The number of halogens is 1. The van der Waals surface area contributed by atoms with E-state index in [2.05, 4.69) is 60.1 Å². The Kier molecular flexibility index (Phi) is 38.9. The molecule has 0 aliphatic carbocycles. The van der Waals surface area contributed by atoms with Crippen LogP contribution in [0.25, 0.3) is 0 Å². The van der Waals surface area contributed by atoms with Gasteiger partial charge in [0.05, 0.1) is 67.1 Å². The average Bonchev–Trinajstić information content (AvgIpc) is 1.70. The van der Waals surface area contributed by atoms with Crippen LogP contribution in [-0.4, -0.2) is 275 Å². The number of carbonyl (C=O) groups excluding carboxylic acids is 14.